The minimum atomic E-state index is -2.35. The number of para-hydroxylation sites is 1. The number of nitrogens with two attached hydrogens (primary N) is 2. The predicted molar refractivity (Wildman–Crippen MR) is 359 cm³/mol. The lowest BCUT2D eigenvalue weighted by Crippen LogP contribution is -2.70. The number of ether oxygens (including phenoxy) is 7. The van der Waals surface area contributed by atoms with Gasteiger partial charge in [0.05, 0.1) is 64.8 Å². The molecule has 4 aromatic carbocycles. The molecule has 38 heteroatoms. The fraction of sp³-hybridized carbons (Fsp3) is 0.522. The summed E-state index contributed by atoms with van der Waals surface area (Å²) < 4.78 is 40.9. The average molecular weight is 1480 g/mol. The number of carbonyl (C=O) groups excluding carboxylic acids is 6. The van der Waals surface area contributed by atoms with Gasteiger partial charge in [0.1, 0.15) is 133 Å². The first-order valence-electron chi connectivity index (χ1n) is 33.7. The van der Waals surface area contributed by atoms with Crippen LogP contribution in [0.2, 0.25) is 0 Å². The van der Waals surface area contributed by atoms with Gasteiger partial charge in [0.25, 0.3) is 0 Å². The van der Waals surface area contributed by atoms with E-state index in [0.717, 1.165) is 4.90 Å². The molecule has 105 heavy (non-hydrogen) atoms. The average Bonchev–Trinajstić information content (AvgIpc) is 1.76. The normalized spacial score (nSPS) is 34.0. The molecule has 38 nitrogen and oxygen atoms in total. The highest BCUT2D eigenvalue weighted by atomic mass is 16.7. The third kappa shape index (κ3) is 18.7. The fourth-order valence-electron chi connectivity index (χ4n) is 12.8. The number of amides is 6. The third-order valence-electron chi connectivity index (χ3n) is 18.8. The van der Waals surface area contributed by atoms with Gasteiger partial charge in [-0.3, -0.25) is 38.8 Å². The molecular weight excluding hydrogens is 1390 g/mol. The van der Waals surface area contributed by atoms with Crippen molar-refractivity contribution < 1.29 is 128 Å². The Bertz CT molecular complexity index is 3650. The topological polar surface area (TPSA) is 594 Å². The smallest absolute Gasteiger partial charge is 0.246 e. The lowest BCUT2D eigenvalue weighted by atomic mass is 9.92. The first-order chi connectivity index (χ1) is 50.3. The molecule has 24 N–H and O–H groups in total. The van der Waals surface area contributed by atoms with Gasteiger partial charge < -0.3 is 153 Å². The molecule has 4 saturated heterocycles. The molecule has 10 rings (SSSR count). The lowest BCUT2D eigenvalue weighted by Gasteiger charge is -2.46. The highest BCUT2D eigenvalue weighted by Gasteiger charge is 2.54. The quantitative estimate of drug-likeness (QED) is 0.0347. The summed E-state index contributed by atoms with van der Waals surface area (Å²) >= 11 is 0. The van der Waals surface area contributed by atoms with Gasteiger partial charge in [-0.2, -0.15) is 0 Å². The van der Waals surface area contributed by atoms with Crippen molar-refractivity contribution in [2.75, 3.05) is 46.1 Å². The maximum Gasteiger partial charge on any atom is 0.246 e. The minimum absolute atomic E-state index is 0.0207. The van der Waals surface area contributed by atoms with E-state index in [1.807, 2.05) is 18.2 Å². The Morgan fingerprint density at radius 1 is 0.533 bits per heavy atom. The van der Waals surface area contributed by atoms with E-state index in [9.17, 15) is 85.6 Å². The third-order valence-corrected chi connectivity index (χ3v) is 18.8. The van der Waals surface area contributed by atoms with Crippen LogP contribution in [0.5, 0.6) is 17.2 Å². The molecule has 25 atom stereocenters. The second-order valence-corrected chi connectivity index (χ2v) is 26.0. The van der Waals surface area contributed by atoms with Gasteiger partial charge in [0.15, 0.2) is 24.4 Å². The molecule has 0 aromatic heterocycles. The number of aliphatic imine (C=N–C) groups is 2. The number of rotatable bonds is 22. The molecule has 4 fully saturated rings. The molecule has 4 aromatic rings. The van der Waals surface area contributed by atoms with E-state index in [-0.39, 0.29) is 37.0 Å². The largest absolute Gasteiger partial charge is 0.462 e. The summed E-state index contributed by atoms with van der Waals surface area (Å²) in [5, 5.41) is 161. The molecule has 6 aliphatic heterocycles. The van der Waals surface area contributed by atoms with Crippen LogP contribution < -0.4 is 58.2 Å². The fourth-order valence-corrected chi connectivity index (χ4v) is 12.8. The number of guanidine groups is 2. The summed E-state index contributed by atoms with van der Waals surface area (Å²) in [5.41, 5.74) is 13.6. The number of aliphatic hydroxyl groups is 13. The summed E-state index contributed by atoms with van der Waals surface area (Å²) in [7, 11) is 0. The molecule has 0 spiro atoms. The first-order valence-corrected chi connectivity index (χ1v) is 33.7. The number of hydrogen-bond acceptors (Lipinski definition) is 32. The highest BCUT2D eigenvalue weighted by Crippen LogP contribution is 2.33. The van der Waals surface area contributed by atoms with E-state index in [1.54, 1.807) is 73.7 Å². The zero-order valence-electron chi connectivity index (χ0n) is 56.3. The van der Waals surface area contributed by atoms with E-state index in [4.69, 9.17) is 44.6 Å². The molecule has 572 valence electrons. The summed E-state index contributed by atoms with van der Waals surface area (Å²) in [4.78, 5) is 96.7. The Morgan fingerprint density at radius 2 is 1.10 bits per heavy atom. The van der Waals surface area contributed by atoms with Crippen molar-refractivity contribution >= 4 is 47.4 Å². The Hall–Kier alpha value is -8.88. The van der Waals surface area contributed by atoms with E-state index in [2.05, 4.69) is 47.2 Å². The van der Waals surface area contributed by atoms with Crippen molar-refractivity contribution in [2.45, 2.75) is 172 Å². The van der Waals surface area contributed by atoms with E-state index in [0.29, 0.717) is 22.6 Å². The number of aliphatic hydroxyl groups excluding tert-OH is 13. The lowest BCUT2D eigenvalue weighted by molar-refractivity contribution is -0.353. The standard InChI is InChI=1S/C67H88N12O26/c1-29(32-8-4-2-5-9-32)44-60(96)73-36(20-30-12-16-35(17-13-30)101-64-56(93)53(90)57(41(26-82)103-64)105-65-55(92)52(89)50(87)42(104-65)28-99-27-31-14-18-34(19-15-31)100-33-10-6-3-7-11-33)59(95)77-45(47(84)37-21-71-66(68)75-37)62(98)78-46(61(97)74-38(24-80)58(94)70-23-43(83)76-44)48(85)39-22-72-67(69)79(39)63-54(91)51(88)49(86)40(25-81)102-63/h2-19,29,36-42,44-57,63-65,80-82,84-93H,20-28H2,1H3,(H2,69,72)(H,70,94)(H,73,96)(H,74,97)(H,76,83)(H,77,95)(H,78,98)(H3,68,71,75)/t29?,36-,37?,38+,39?,40-,41-,42-,44+,45+,46-,47?,48?,49-,50-,51+,52+,53-,54+,55+,56+,57-,63+,64+,65-/m1/s1. The number of hydrogen-bond donors (Lipinski definition) is 22. The molecular formula is C67H88N12O26. The second-order valence-electron chi connectivity index (χ2n) is 26.0. The van der Waals surface area contributed by atoms with Crippen LogP contribution in [0.3, 0.4) is 0 Å². The van der Waals surface area contributed by atoms with Crippen LogP contribution in [-0.2, 0) is 65.5 Å². The van der Waals surface area contributed by atoms with Gasteiger partial charge in [0.2, 0.25) is 41.7 Å². The first kappa shape index (κ1) is 78.7. The van der Waals surface area contributed by atoms with E-state index in [1.165, 1.54) is 24.3 Å². The number of carbonyl (C=O) groups is 6. The molecule has 0 saturated carbocycles. The Labute approximate surface area is 598 Å². The molecule has 6 heterocycles. The van der Waals surface area contributed by atoms with E-state index < -0.39 is 233 Å². The predicted octanol–water partition coefficient (Wildman–Crippen LogP) is -9.59. The van der Waals surface area contributed by atoms with Crippen molar-refractivity contribution in [1.29, 1.82) is 0 Å². The van der Waals surface area contributed by atoms with Gasteiger partial charge >= 0.3 is 0 Å². The van der Waals surface area contributed by atoms with Crippen LogP contribution in [-0.4, -0.2) is 311 Å². The van der Waals surface area contributed by atoms with Crippen molar-refractivity contribution in [2.24, 2.45) is 21.5 Å². The van der Waals surface area contributed by atoms with Crippen LogP contribution in [0.4, 0.5) is 0 Å². The maximum atomic E-state index is 15.2. The maximum absolute atomic E-state index is 15.2. The summed E-state index contributed by atoms with van der Waals surface area (Å²) in [6, 6.07) is 16.9. The Balaban J connectivity index is 0.879. The van der Waals surface area contributed by atoms with Gasteiger partial charge in [-0.05, 0) is 53.1 Å². The van der Waals surface area contributed by atoms with Gasteiger partial charge in [0, 0.05) is 12.3 Å². The second kappa shape index (κ2) is 35.5. The number of nitrogens with one attached hydrogen (secondary N) is 7. The van der Waals surface area contributed by atoms with Gasteiger partial charge in [-0.1, -0.05) is 79.7 Å². The highest BCUT2D eigenvalue weighted by molar-refractivity contribution is 5.98. The monoisotopic (exact) mass is 1480 g/mol. The summed E-state index contributed by atoms with van der Waals surface area (Å²) in [6.07, 6.45) is -31.6. The molecule has 6 amide bonds. The number of benzene rings is 4. The Morgan fingerprint density at radius 3 is 1.76 bits per heavy atom. The van der Waals surface area contributed by atoms with Crippen LogP contribution in [0.15, 0.2) is 119 Å². The molecule has 6 aliphatic rings. The van der Waals surface area contributed by atoms with Crippen LogP contribution >= 0.6 is 0 Å². The van der Waals surface area contributed by atoms with E-state index >= 15 is 9.59 Å². The molecule has 0 bridgehead atoms. The summed E-state index contributed by atoms with van der Waals surface area (Å²) in [5.74, 6) is -7.81. The van der Waals surface area contributed by atoms with Crippen molar-refractivity contribution in [1.82, 2.24) is 42.1 Å². The molecule has 5 unspecified atom stereocenters. The number of nitrogens with zero attached hydrogens (tertiary/aromatic N) is 3. The van der Waals surface area contributed by atoms with Crippen LogP contribution in [0.1, 0.15) is 29.5 Å². The molecule has 0 radical (unpaired) electrons. The molecule has 0 aliphatic carbocycles. The van der Waals surface area contributed by atoms with Crippen molar-refractivity contribution in [3.05, 3.63) is 126 Å². The van der Waals surface area contributed by atoms with Crippen LogP contribution in [0.25, 0.3) is 0 Å². The zero-order valence-corrected chi connectivity index (χ0v) is 56.3. The van der Waals surface area contributed by atoms with Crippen molar-refractivity contribution in [3.63, 3.8) is 0 Å². The minimum Gasteiger partial charge on any atom is -0.462 e. The van der Waals surface area contributed by atoms with Gasteiger partial charge in [-0.25, -0.2) is 0 Å². The van der Waals surface area contributed by atoms with Crippen molar-refractivity contribution in [3.8, 4) is 17.2 Å². The van der Waals surface area contributed by atoms with Gasteiger partial charge in [-0.15, -0.1) is 0 Å². The Kier molecular flexibility index (Phi) is 26.6. The SMILES string of the molecule is CC(c1ccccc1)[C@@H]1NC(=O)CNC(=O)[C@H](CO)NC(=O)[C@@H](C(O)C2CN=C(N)N2[C@H]2O[C@H](CO)[C@@H](O)[C@H](O)[C@@H]2O)NC(=O)[C@H](C(O)C2CN=C(N)N2)NC(=O)[C@@H](Cc2ccc(O[C@H]3O[C@H](CO)[C@@H](O[C@H]4O[C@H](COCc5ccc(Oc6ccccc6)cc5)[C@@H](O)[C@H](O)[C@@H]4O)[C@H](O)[C@@H]3O)cc2)NC1=O. The summed E-state index contributed by atoms with van der Waals surface area (Å²) in [6.45, 7) is -3.48. The zero-order chi connectivity index (χ0) is 75.5. The van der Waals surface area contributed by atoms with Crippen LogP contribution in [0, 0.1) is 0 Å².